The third-order valence-electron chi connectivity index (χ3n) is 5.20. The van der Waals surface area contributed by atoms with Crippen LogP contribution in [0.4, 0.5) is 5.69 Å². The molecule has 0 aliphatic carbocycles. The van der Waals surface area contributed by atoms with E-state index in [1.54, 1.807) is 12.1 Å². The number of amides is 1. The summed E-state index contributed by atoms with van der Waals surface area (Å²) in [6, 6.07) is 13.4. The Hall–Kier alpha value is -3.26. The summed E-state index contributed by atoms with van der Waals surface area (Å²) in [4.78, 5) is 29.6. The fourth-order valence-corrected chi connectivity index (χ4v) is 3.84. The molecule has 0 aliphatic rings. The molecule has 1 N–H and O–H groups in total. The zero-order chi connectivity index (χ0) is 22.1. The summed E-state index contributed by atoms with van der Waals surface area (Å²) in [5.41, 5.74) is 4.85. The van der Waals surface area contributed by atoms with E-state index in [2.05, 4.69) is 31.3 Å². The van der Waals surface area contributed by atoms with Gasteiger partial charge in [-0.15, -0.1) is 0 Å². The average Bonchev–Trinajstić information content (AvgIpc) is 3.02. The molecule has 0 saturated heterocycles. The highest BCUT2D eigenvalue weighted by molar-refractivity contribution is 9.10. The maximum atomic E-state index is 12.7. The third kappa shape index (κ3) is 4.29. The van der Waals surface area contributed by atoms with Crippen LogP contribution < -0.4 is 10.9 Å². The SMILES string of the molecule is Cc1ccc(-n2nc(C)c(NC(=O)CCn3cnc4ccc(Br)cc4c3=O)c2C)cc1. The highest BCUT2D eigenvalue weighted by atomic mass is 79.9. The predicted octanol–water partition coefficient (Wildman–Crippen LogP) is 4.30. The molecule has 0 fully saturated rings. The zero-order valence-electron chi connectivity index (χ0n) is 17.5. The minimum absolute atomic E-state index is 0.149. The molecule has 2 heterocycles. The first-order chi connectivity index (χ1) is 14.8. The smallest absolute Gasteiger partial charge is 0.261 e. The molecule has 0 aliphatic heterocycles. The van der Waals surface area contributed by atoms with Gasteiger partial charge in [-0.2, -0.15) is 5.10 Å². The second kappa shape index (κ2) is 8.47. The molecule has 0 bridgehead atoms. The quantitative estimate of drug-likeness (QED) is 0.462. The van der Waals surface area contributed by atoms with Gasteiger partial charge in [-0.1, -0.05) is 33.6 Å². The molecule has 1 amide bonds. The van der Waals surface area contributed by atoms with Gasteiger partial charge >= 0.3 is 0 Å². The second-order valence-corrected chi connectivity index (χ2v) is 8.41. The minimum Gasteiger partial charge on any atom is -0.323 e. The van der Waals surface area contributed by atoms with Crippen molar-refractivity contribution in [1.29, 1.82) is 0 Å². The maximum Gasteiger partial charge on any atom is 0.261 e. The number of anilines is 1. The number of halogens is 1. The summed E-state index contributed by atoms with van der Waals surface area (Å²) in [6.07, 6.45) is 1.63. The van der Waals surface area contributed by atoms with E-state index in [9.17, 15) is 9.59 Å². The van der Waals surface area contributed by atoms with Crippen molar-refractivity contribution in [2.75, 3.05) is 5.32 Å². The van der Waals surface area contributed by atoms with Gasteiger partial charge in [-0.3, -0.25) is 14.2 Å². The Kier molecular flexibility index (Phi) is 5.73. The van der Waals surface area contributed by atoms with Gasteiger partial charge in [0.1, 0.15) is 0 Å². The van der Waals surface area contributed by atoms with Crippen molar-refractivity contribution < 1.29 is 4.79 Å². The number of aromatic nitrogens is 4. The number of carbonyl (C=O) groups is 1. The van der Waals surface area contributed by atoms with Crippen LogP contribution in [-0.4, -0.2) is 25.2 Å². The van der Waals surface area contributed by atoms with Crippen molar-refractivity contribution in [1.82, 2.24) is 19.3 Å². The van der Waals surface area contributed by atoms with Crippen LogP contribution in [0.1, 0.15) is 23.4 Å². The third-order valence-corrected chi connectivity index (χ3v) is 5.69. The van der Waals surface area contributed by atoms with Crippen LogP contribution in [0, 0.1) is 20.8 Å². The van der Waals surface area contributed by atoms with E-state index in [1.807, 2.05) is 55.8 Å². The molecule has 2 aromatic carbocycles. The standard InChI is InChI=1S/C23H22BrN5O2/c1-14-4-7-18(8-5-14)29-16(3)22(15(2)27-29)26-21(30)10-11-28-13-25-20-9-6-17(24)12-19(20)23(28)31/h4-9,12-13H,10-11H2,1-3H3,(H,26,30). The number of hydrogen-bond donors (Lipinski definition) is 1. The Morgan fingerprint density at radius 1 is 1.10 bits per heavy atom. The second-order valence-electron chi connectivity index (χ2n) is 7.50. The van der Waals surface area contributed by atoms with Crippen molar-refractivity contribution >= 4 is 38.4 Å². The van der Waals surface area contributed by atoms with Gasteiger partial charge in [0.05, 0.1) is 40.0 Å². The van der Waals surface area contributed by atoms with Gasteiger partial charge in [0.2, 0.25) is 5.91 Å². The lowest BCUT2D eigenvalue weighted by Gasteiger charge is -2.09. The summed E-state index contributed by atoms with van der Waals surface area (Å²) >= 11 is 3.38. The van der Waals surface area contributed by atoms with E-state index in [1.165, 1.54) is 16.5 Å². The van der Waals surface area contributed by atoms with Gasteiger partial charge in [-0.25, -0.2) is 9.67 Å². The van der Waals surface area contributed by atoms with Crippen LogP contribution in [0.2, 0.25) is 0 Å². The van der Waals surface area contributed by atoms with Crippen molar-refractivity contribution in [2.24, 2.45) is 0 Å². The highest BCUT2D eigenvalue weighted by Crippen LogP contribution is 2.23. The zero-order valence-corrected chi connectivity index (χ0v) is 19.1. The van der Waals surface area contributed by atoms with Crippen LogP contribution >= 0.6 is 15.9 Å². The first-order valence-electron chi connectivity index (χ1n) is 9.91. The van der Waals surface area contributed by atoms with Crippen molar-refractivity contribution in [3.63, 3.8) is 0 Å². The molecule has 8 heteroatoms. The summed E-state index contributed by atoms with van der Waals surface area (Å²) in [6.45, 7) is 6.06. The molecule has 0 spiro atoms. The number of benzene rings is 2. The molecule has 0 unspecified atom stereocenters. The van der Waals surface area contributed by atoms with E-state index in [0.717, 1.165) is 21.5 Å². The lowest BCUT2D eigenvalue weighted by atomic mass is 10.2. The van der Waals surface area contributed by atoms with Crippen LogP contribution in [0.5, 0.6) is 0 Å². The molecule has 2 aromatic heterocycles. The topological polar surface area (TPSA) is 81.8 Å². The normalized spacial score (nSPS) is 11.1. The summed E-state index contributed by atoms with van der Waals surface area (Å²) in [7, 11) is 0. The molecule has 4 rings (SSSR count). The molecular formula is C23H22BrN5O2. The number of hydrogen-bond acceptors (Lipinski definition) is 4. The Morgan fingerprint density at radius 3 is 2.58 bits per heavy atom. The average molecular weight is 480 g/mol. The number of nitrogens with one attached hydrogen (secondary N) is 1. The molecule has 4 aromatic rings. The van der Waals surface area contributed by atoms with Gasteiger partial charge in [0.25, 0.3) is 5.56 Å². The molecule has 7 nitrogen and oxygen atoms in total. The van der Waals surface area contributed by atoms with E-state index < -0.39 is 0 Å². The lowest BCUT2D eigenvalue weighted by Crippen LogP contribution is -2.24. The highest BCUT2D eigenvalue weighted by Gasteiger charge is 2.15. The number of nitrogens with zero attached hydrogens (tertiary/aromatic N) is 4. The number of aryl methyl sites for hydroxylation is 3. The monoisotopic (exact) mass is 479 g/mol. The fraction of sp³-hybridized carbons (Fsp3) is 0.217. The summed E-state index contributed by atoms with van der Waals surface area (Å²) < 4.78 is 4.09. The van der Waals surface area contributed by atoms with E-state index in [-0.39, 0.29) is 24.4 Å². The number of fused-ring (bicyclic) bond motifs is 1. The van der Waals surface area contributed by atoms with Crippen LogP contribution in [0.15, 0.2) is 58.1 Å². The molecule has 158 valence electrons. The van der Waals surface area contributed by atoms with E-state index in [0.29, 0.717) is 16.6 Å². The molecular weight excluding hydrogens is 458 g/mol. The predicted molar refractivity (Wildman–Crippen MR) is 125 cm³/mol. The van der Waals surface area contributed by atoms with Gasteiger partial charge < -0.3 is 5.32 Å². The number of carbonyl (C=O) groups excluding carboxylic acids is 1. The summed E-state index contributed by atoms with van der Waals surface area (Å²) in [5.74, 6) is -0.184. The Balaban J connectivity index is 1.50. The molecule has 0 saturated carbocycles. The van der Waals surface area contributed by atoms with Gasteiger partial charge in [0, 0.05) is 17.4 Å². The van der Waals surface area contributed by atoms with Crippen LogP contribution in [0.3, 0.4) is 0 Å². The van der Waals surface area contributed by atoms with Crippen LogP contribution in [-0.2, 0) is 11.3 Å². The minimum atomic E-state index is -0.184. The molecule has 0 radical (unpaired) electrons. The largest absolute Gasteiger partial charge is 0.323 e. The molecule has 31 heavy (non-hydrogen) atoms. The first-order valence-corrected chi connectivity index (χ1v) is 10.7. The van der Waals surface area contributed by atoms with Crippen molar-refractivity contribution in [3.05, 3.63) is 80.6 Å². The van der Waals surface area contributed by atoms with Crippen molar-refractivity contribution in [2.45, 2.75) is 33.7 Å². The molecule has 0 atom stereocenters. The van der Waals surface area contributed by atoms with Crippen LogP contribution in [0.25, 0.3) is 16.6 Å². The Morgan fingerprint density at radius 2 is 1.84 bits per heavy atom. The van der Waals surface area contributed by atoms with E-state index >= 15 is 0 Å². The number of rotatable bonds is 5. The first kappa shape index (κ1) is 21.0. The van der Waals surface area contributed by atoms with Gasteiger partial charge in [-0.05, 0) is 51.1 Å². The maximum absolute atomic E-state index is 12.7. The summed E-state index contributed by atoms with van der Waals surface area (Å²) in [5, 5.41) is 8.04. The van der Waals surface area contributed by atoms with E-state index in [4.69, 9.17) is 0 Å². The van der Waals surface area contributed by atoms with Crippen molar-refractivity contribution in [3.8, 4) is 5.69 Å². The Bertz CT molecular complexity index is 1340. The fourth-order valence-electron chi connectivity index (χ4n) is 3.48. The van der Waals surface area contributed by atoms with Gasteiger partial charge in [0.15, 0.2) is 0 Å². The Labute approximate surface area is 187 Å². The lowest BCUT2D eigenvalue weighted by molar-refractivity contribution is -0.116.